The molecule has 1 aromatic carbocycles. The topological polar surface area (TPSA) is 92.8 Å². The van der Waals surface area contributed by atoms with Crippen molar-refractivity contribution >= 4 is 5.91 Å². The number of fused-ring (bicyclic) bond motifs is 1. The van der Waals surface area contributed by atoms with E-state index in [9.17, 15) is 4.79 Å². The second kappa shape index (κ2) is 5.92. The van der Waals surface area contributed by atoms with Gasteiger partial charge in [-0.05, 0) is 50.8 Å². The van der Waals surface area contributed by atoms with Crippen LogP contribution in [0.3, 0.4) is 0 Å². The van der Waals surface area contributed by atoms with Gasteiger partial charge in [-0.15, -0.1) is 5.10 Å². The Labute approximate surface area is 152 Å². The Bertz CT molecular complexity index is 889. The average Bonchev–Trinajstić information content (AvgIpc) is 3.21. The lowest BCUT2D eigenvalue weighted by Crippen LogP contribution is -2.41. The highest BCUT2D eigenvalue weighted by Gasteiger charge is 2.61. The SMILES string of the molecule is CC1(C)OC2(Cn3cc(CNC(=O)c4cccc(C#N)c4)nn3)CC1C2. The van der Waals surface area contributed by atoms with Gasteiger partial charge in [0.05, 0.1) is 42.1 Å². The Kier molecular flexibility index (Phi) is 3.81. The maximum absolute atomic E-state index is 12.2. The summed E-state index contributed by atoms with van der Waals surface area (Å²) in [6.07, 6.45) is 3.99. The summed E-state index contributed by atoms with van der Waals surface area (Å²) < 4.78 is 8.02. The second-order valence-electron chi connectivity index (χ2n) is 7.78. The van der Waals surface area contributed by atoms with Crippen molar-refractivity contribution in [3.8, 4) is 6.07 Å². The third kappa shape index (κ3) is 2.97. The summed E-state index contributed by atoms with van der Waals surface area (Å²) in [5, 5.41) is 20.0. The standard InChI is InChI=1S/C19H21N5O2/c1-18(2)15-7-19(8-15,26-18)12-24-11-16(22-23-24)10-21-17(25)14-5-3-4-13(6-14)9-20/h3-6,11,15H,7-8,10,12H2,1-2H3,(H,21,25). The van der Waals surface area contributed by atoms with Gasteiger partial charge in [0, 0.05) is 5.56 Å². The van der Waals surface area contributed by atoms with Crippen LogP contribution < -0.4 is 5.32 Å². The van der Waals surface area contributed by atoms with Gasteiger partial charge in [0.2, 0.25) is 0 Å². The van der Waals surface area contributed by atoms with E-state index in [-0.39, 0.29) is 23.7 Å². The molecule has 1 aliphatic carbocycles. The van der Waals surface area contributed by atoms with E-state index in [0.717, 1.165) is 12.8 Å². The molecule has 1 saturated carbocycles. The van der Waals surface area contributed by atoms with Gasteiger partial charge < -0.3 is 10.1 Å². The predicted molar refractivity (Wildman–Crippen MR) is 93.0 cm³/mol. The molecule has 2 aliphatic heterocycles. The lowest BCUT2D eigenvalue weighted by Gasteiger charge is -2.35. The molecular weight excluding hydrogens is 330 g/mol. The van der Waals surface area contributed by atoms with Crippen LogP contribution in [0.5, 0.6) is 0 Å². The van der Waals surface area contributed by atoms with Crippen molar-refractivity contribution in [2.24, 2.45) is 5.92 Å². The van der Waals surface area contributed by atoms with Crippen molar-refractivity contribution in [3.63, 3.8) is 0 Å². The second-order valence-corrected chi connectivity index (χ2v) is 7.78. The molecule has 2 bridgehead atoms. The molecule has 0 spiro atoms. The van der Waals surface area contributed by atoms with Crippen LogP contribution in [0, 0.1) is 17.2 Å². The maximum atomic E-state index is 12.2. The van der Waals surface area contributed by atoms with Gasteiger partial charge in [-0.2, -0.15) is 5.26 Å². The van der Waals surface area contributed by atoms with Crippen molar-refractivity contribution in [2.75, 3.05) is 0 Å². The third-order valence-corrected chi connectivity index (χ3v) is 5.42. The van der Waals surface area contributed by atoms with Gasteiger partial charge >= 0.3 is 0 Å². The molecule has 1 amide bonds. The quantitative estimate of drug-likeness (QED) is 0.890. The first-order valence-electron chi connectivity index (χ1n) is 8.77. The van der Waals surface area contributed by atoms with Gasteiger partial charge in [0.25, 0.3) is 5.91 Å². The molecule has 2 saturated heterocycles. The first kappa shape index (κ1) is 16.7. The molecule has 3 fully saturated rings. The molecule has 7 nitrogen and oxygen atoms in total. The average molecular weight is 351 g/mol. The Morgan fingerprint density at radius 3 is 2.96 bits per heavy atom. The number of benzene rings is 1. The number of aromatic nitrogens is 3. The van der Waals surface area contributed by atoms with Crippen LogP contribution in [0.1, 0.15) is 48.3 Å². The van der Waals surface area contributed by atoms with E-state index in [4.69, 9.17) is 10.00 Å². The number of nitriles is 1. The van der Waals surface area contributed by atoms with Crippen LogP contribution in [0.25, 0.3) is 0 Å². The highest BCUT2D eigenvalue weighted by Crippen LogP contribution is 2.58. The Hall–Kier alpha value is -2.72. The van der Waals surface area contributed by atoms with E-state index in [1.54, 1.807) is 28.9 Å². The number of hydrogen-bond donors (Lipinski definition) is 1. The summed E-state index contributed by atoms with van der Waals surface area (Å²) in [7, 11) is 0. The van der Waals surface area contributed by atoms with Gasteiger partial charge in [0.15, 0.2) is 0 Å². The monoisotopic (exact) mass is 351 g/mol. The molecule has 1 aromatic heterocycles. The highest BCUT2D eigenvalue weighted by atomic mass is 16.5. The number of hydrogen-bond acceptors (Lipinski definition) is 5. The maximum Gasteiger partial charge on any atom is 0.251 e. The molecule has 5 rings (SSSR count). The zero-order valence-electron chi connectivity index (χ0n) is 14.9. The number of rotatable bonds is 5. The van der Waals surface area contributed by atoms with Crippen LogP contribution in [0.15, 0.2) is 30.5 Å². The van der Waals surface area contributed by atoms with Gasteiger partial charge in [-0.3, -0.25) is 4.79 Å². The summed E-state index contributed by atoms with van der Waals surface area (Å²) in [4.78, 5) is 12.2. The molecule has 134 valence electrons. The van der Waals surface area contributed by atoms with Crippen molar-refractivity contribution in [1.82, 2.24) is 20.3 Å². The number of ether oxygens (including phenoxy) is 1. The summed E-state index contributed by atoms with van der Waals surface area (Å²) in [5.41, 5.74) is 1.45. The lowest BCUT2D eigenvalue weighted by molar-refractivity contribution is -0.0675. The number of carbonyl (C=O) groups is 1. The predicted octanol–water partition coefficient (Wildman–Crippen LogP) is 2.04. The fraction of sp³-hybridized carbons (Fsp3) is 0.474. The molecule has 3 aliphatic rings. The molecule has 0 radical (unpaired) electrons. The van der Waals surface area contributed by atoms with Gasteiger partial charge in [-0.1, -0.05) is 11.3 Å². The highest BCUT2D eigenvalue weighted by molar-refractivity contribution is 5.94. The van der Waals surface area contributed by atoms with Gasteiger partial charge in [-0.25, -0.2) is 4.68 Å². The molecule has 3 heterocycles. The Balaban J connectivity index is 1.34. The Morgan fingerprint density at radius 1 is 1.46 bits per heavy atom. The van der Waals surface area contributed by atoms with Gasteiger partial charge in [0.1, 0.15) is 5.69 Å². The lowest BCUT2D eigenvalue weighted by atomic mass is 9.69. The Morgan fingerprint density at radius 2 is 2.27 bits per heavy atom. The van der Waals surface area contributed by atoms with E-state index in [1.165, 1.54) is 0 Å². The van der Waals surface area contributed by atoms with Crippen molar-refractivity contribution in [2.45, 2.75) is 51.0 Å². The fourth-order valence-corrected chi connectivity index (χ4v) is 4.01. The zero-order chi connectivity index (χ0) is 18.4. The van der Waals surface area contributed by atoms with Crippen molar-refractivity contribution in [1.29, 1.82) is 5.26 Å². The van der Waals surface area contributed by atoms with Crippen LogP contribution >= 0.6 is 0 Å². The molecule has 7 heteroatoms. The first-order chi connectivity index (χ1) is 12.4. The van der Waals surface area contributed by atoms with Crippen LogP contribution in [-0.4, -0.2) is 32.1 Å². The van der Waals surface area contributed by atoms with E-state index in [0.29, 0.717) is 29.3 Å². The van der Waals surface area contributed by atoms with Crippen LogP contribution in [-0.2, 0) is 17.8 Å². The van der Waals surface area contributed by atoms with E-state index < -0.39 is 0 Å². The normalized spacial score (nSPS) is 25.3. The minimum Gasteiger partial charge on any atom is -0.367 e. The smallest absolute Gasteiger partial charge is 0.251 e. The molecule has 1 N–H and O–H groups in total. The zero-order valence-corrected chi connectivity index (χ0v) is 14.9. The number of amides is 1. The summed E-state index contributed by atoms with van der Waals surface area (Å²) in [6, 6.07) is 8.63. The van der Waals surface area contributed by atoms with Crippen LogP contribution in [0.2, 0.25) is 0 Å². The number of carbonyl (C=O) groups excluding carboxylic acids is 1. The summed E-state index contributed by atoms with van der Waals surface area (Å²) in [5.74, 6) is 0.395. The van der Waals surface area contributed by atoms with E-state index in [2.05, 4.69) is 29.5 Å². The van der Waals surface area contributed by atoms with Crippen molar-refractivity contribution < 1.29 is 9.53 Å². The number of nitrogens with one attached hydrogen (secondary N) is 1. The summed E-state index contributed by atoms with van der Waals surface area (Å²) in [6.45, 7) is 5.28. The fourth-order valence-electron chi connectivity index (χ4n) is 4.01. The minimum atomic E-state index is -0.238. The van der Waals surface area contributed by atoms with Crippen molar-refractivity contribution in [3.05, 3.63) is 47.3 Å². The summed E-state index contributed by atoms with van der Waals surface area (Å²) >= 11 is 0. The van der Waals surface area contributed by atoms with E-state index >= 15 is 0 Å². The van der Waals surface area contributed by atoms with E-state index in [1.807, 2.05) is 12.3 Å². The first-order valence-corrected chi connectivity index (χ1v) is 8.77. The molecular formula is C19H21N5O2. The minimum absolute atomic E-state index is 0.0463. The largest absolute Gasteiger partial charge is 0.367 e. The molecule has 0 atom stereocenters. The molecule has 2 aromatic rings. The third-order valence-electron chi connectivity index (χ3n) is 5.42. The molecule has 26 heavy (non-hydrogen) atoms. The number of nitrogens with zero attached hydrogens (tertiary/aromatic N) is 4. The van der Waals surface area contributed by atoms with Crippen LogP contribution in [0.4, 0.5) is 0 Å². The molecule has 0 unspecified atom stereocenters.